The summed E-state index contributed by atoms with van der Waals surface area (Å²) >= 11 is 6.07. The highest BCUT2D eigenvalue weighted by Gasteiger charge is 2.08. The van der Waals surface area contributed by atoms with Crippen molar-refractivity contribution < 1.29 is 4.42 Å². The lowest BCUT2D eigenvalue weighted by Gasteiger charge is -1.90. The van der Waals surface area contributed by atoms with Crippen LogP contribution in [-0.2, 0) is 0 Å². The maximum atomic E-state index is 6.07. The fourth-order valence-electron chi connectivity index (χ4n) is 1.87. The first-order valence-corrected chi connectivity index (χ1v) is 5.21. The molecule has 0 saturated carbocycles. The molecule has 0 N–H and O–H groups in total. The standard InChI is InChI=1S/C12H8BClO/c13-7-4-5-8-9-2-1-3-10(14)12(9)15-11(8)6-7/h1-6H,13H2. The Balaban J connectivity index is 2.57. The zero-order valence-corrected chi connectivity index (χ0v) is 9.01. The van der Waals surface area contributed by atoms with Crippen LogP contribution >= 0.6 is 11.6 Å². The van der Waals surface area contributed by atoms with Crippen molar-refractivity contribution in [1.82, 2.24) is 0 Å². The van der Waals surface area contributed by atoms with Crippen LogP contribution in [0.2, 0.25) is 5.02 Å². The van der Waals surface area contributed by atoms with Crippen LogP contribution in [0.4, 0.5) is 0 Å². The quantitative estimate of drug-likeness (QED) is 0.524. The monoisotopic (exact) mass is 214 g/mol. The minimum atomic E-state index is 0.668. The third kappa shape index (κ3) is 1.25. The number of benzene rings is 2. The van der Waals surface area contributed by atoms with Crippen molar-refractivity contribution in [3.05, 3.63) is 41.4 Å². The van der Waals surface area contributed by atoms with Crippen LogP contribution in [0.15, 0.2) is 40.8 Å². The summed E-state index contributed by atoms with van der Waals surface area (Å²) in [6.45, 7) is 0. The van der Waals surface area contributed by atoms with Gasteiger partial charge in [-0.05, 0) is 12.1 Å². The van der Waals surface area contributed by atoms with E-state index in [0.29, 0.717) is 5.02 Å². The molecule has 1 nitrogen and oxygen atoms in total. The molecule has 15 heavy (non-hydrogen) atoms. The van der Waals surface area contributed by atoms with Gasteiger partial charge in [-0.15, -0.1) is 0 Å². The van der Waals surface area contributed by atoms with Crippen molar-refractivity contribution in [2.75, 3.05) is 0 Å². The van der Waals surface area contributed by atoms with Gasteiger partial charge >= 0.3 is 0 Å². The topological polar surface area (TPSA) is 13.1 Å². The number of hydrogen-bond donors (Lipinski definition) is 0. The lowest BCUT2D eigenvalue weighted by atomic mass is 9.95. The second kappa shape index (κ2) is 3.04. The smallest absolute Gasteiger partial charge is 0.153 e. The van der Waals surface area contributed by atoms with Gasteiger partial charge in [0.05, 0.1) is 5.02 Å². The molecular formula is C12H8BClO. The van der Waals surface area contributed by atoms with Crippen LogP contribution in [0, 0.1) is 0 Å². The van der Waals surface area contributed by atoms with E-state index in [0.717, 1.165) is 21.9 Å². The Bertz CT molecular complexity index is 657. The predicted octanol–water partition coefficient (Wildman–Crippen LogP) is 2.50. The summed E-state index contributed by atoms with van der Waals surface area (Å²) in [5.41, 5.74) is 2.87. The number of halogens is 1. The number of furan rings is 1. The summed E-state index contributed by atoms with van der Waals surface area (Å²) in [5, 5.41) is 2.87. The number of para-hydroxylation sites is 1. The molecule has 1 aromatic heterocycles. The van der Waals surface area contributed by atoms with Crippen LogP contribution in [-0.4, -0.2) is 7.85 Å². The molecule has 0 spiro atoms. The van der Waals surface area contributed by atoms with E-state index in [2.05, 4.69) is 12.1 Å². The molecule has 0 unspecified atom stereocenters. The highest BCUT2D eigenvalue weighted by Crippen LogP contribution is 2.32. The van der Waals surface area contributed by atoms with Crippen molar-refractivity contribution in [2.24, 2.45) is 0 Å². The zero-order chi connectivity index (χ0) is 10.4. The van der Waals surface area contributed by atoms with Crippen molar-refractivity contribution in [2.45, 2.75) is 0 Å². The molecule has 1 heterocycles. The molecule has 0 atom stereocenters. The van der Waals surface area contributed by atoms with Crippen LogP contribution in [0.1, 0.15) is 0 Å². The lowest BCUT2D eigenvalue weighted by Crippen LogP contribution is -1.98. The summed E-state index contributed by atoms with van der Waals surface area (Å²) < 4.78 is 5.73. The predicted molar refractivity (Wildman–Crippen MR) is 66.9 cm³/mol. The summed E-state index contributed by atoms with van der Waals surface area (Å²) in [6.07, 6.45) is 0. The third-order valence-electron chi connectivity index (χ3n) is 2.61. The van der Waals surface area contributed by atoms with E-state index in [1.54, 1.807) is 0 Å². The lowest BCUT2D eigenvalue weighted by molar-refractivity contribution is 0.669. The molecule has 3 aromatic rings. The molecule has 3 heteroatoms. The highest BCUT2D eigenvalue weighted by molar-refractivity contribution is 6.36. The summed E-state index contributed by atoms with van der Waals surface area (Å²) in [4.78, 5) is 0. The molecule has 0 aliphatic rings. The van der Waals surface area contributed by atoms with Gasteiger partial charge in [-0.3, -0.25) is 0 Å². The van der Waals surface area contributed by atoms with Crippen LogP contribution in [0.25, 0.3) is 21.9 Å². The van der Waals surface area contributed by atoms with E-state index in [9.17, 15) is 0 Å². The summed E-state index contributed by atoms with van der Waals surface area (Å²) in [5.74, 6) is 0. The van der Waals surface area contributed by atoms with E-state index in [-0.39, 0.29) is 0 Å². The molecule has 0 radical (unpaired) electrons. The van der Waals surface area contributed by atoms with Gasteiger partial charge in [0.15, 0.2) is 5.58 Å². The Morgan fingerprint density at radius 1 is 1.07 bits per heavy atom. The van der Waals surface area contributed by atoms with Gasteiger partial charge in [-0.25, -0.2) is 0 Å². The highest BCUT2D eigenvalue weighted by atomic mass is 35.5. The van der Waals surface area contributed by atoms with Crippen LogP contribution in [0.5, 0.6) is 0 Å². The first-order valence-electron chi connectivity index (χ1n) is 4.83. The van der Waals surface area contributed by atoms with Crippen molar-refractivity contribution in [1.29, 1.82) is 0 Å². The molecule has 0 aliphatic carbocycles. The summed E-state index contributed by atoms with van der Waals surface area (Å²) in [7, 11) is 2.05. The summed E-state index contributed by atoms with van der Waals surface area (Å²) in [6, 6.07) is 12.0. The van der Waals surface area contributed by atoms with Crippen molar-refractivity contribution in [3.8, 4) is 0 Å². The second-order valence-corrected chi connectivity index (χ2v) is 4.13. The maximum absolute atomic E-state index is 6.07. The van der Waals surface area contributed by atoms with E-state index >= 15 is 0 Å². The van der Waals surface area contributed by atoms with Crippen molar-refractivity contribution in [3.63, 3.8) is 0 Å². The van der Waals surface area contributed by atoms with Gasteiger partial charge in [0.1, 0.15) is 13.4 Å². The van der Waals surface area contributed by atoms with Crippen molar-refractivity contribution >= 4 is 46.8 Å². The van der Waals surface area contributed by atoms with Crippen LogP contribution < -0.4 is 5.46 Å². The first kappa shape index (κ1) is 8.87. The number of fused-ring (bicyclic) bond motifs is 3. The molecule has 0 fully saturated rings. The Morgan fingerprint density at radius 3 is 2.80 bits per heavy atom. The molecular weight excluding hydrogens is 206 g/mol. The SMILES string of the molecule is Bc1ccc2c(c1)oc1c(Cl)cccc12. The molecule has 0 amide bonds. The zero-order valence-electron chi connectivity index (χ0n) is 8.25. The van der Waals surface area contributed by atoms with E-state index in [1.165, 1.54) is 5.46 Å². The molecule has 3 rings (SSSR count). The van der Waals surface area contributed by atoms with Gasteiger partial charge in [-0.1, -0.05) is 41.3 Å². The van der Waals surface area contributed by atoms with Gasteiger partial charge in [0.2, 0.25) is 0 Å². The normalized spacial score (nSPS) is 11.3. The van der Waals surface area contributed by atoms with E-state index < -0.39 is 0 Å². The maximum Gasteiger partial charge on any atom is 0.153 e. The average Bonchev–Trinajstić information content (AvgIpc) is 2.57. The molecule has 0 aliphatic heterocycles. The van der Waals surface area contributed by atoms with Gasteiger partial charge < -0.3 is 4.42 Å². The Morgan fingerprint density at radius 2 is 1.93 bits per heavy atom. The third-order valence-corrected chi connectivity index (χ3v) is 2.90. The molecule has 0 bridgehead atoms. The minimum absolute atomic E-state index is 0.668. The van der Waals surface area contributed by atoms with Crippen LogP contribution in [0.3, 0.4) is 0 Å². The van der Waals surface area contributed by atoms with Gasteiger partial charge in [0.25, 0.3) is 0 Å². The second-order valence-electron chi connectivity index (χ2n) is 3.72. The fraction of sp³-hybridized carbons (Fsp3) is 0. The first-order chi connectivity index (χ1) is 7.25. The number of hydrogen-bond acceptors (Lipinski definition) is 1. The van der Waals surface area contributed by atoms with Gasteiger partial charge in [0, 0.05) is 10.8 Å². The Labute approximate surface area is 93.0 Å². The number of rotatable bonds is 0. The largest absolute Gasteiger partial charge is 0.455 e. The fourth-order valence-corrected chi connectivity index (χ4v) is 2.08. The molecule has 72 valence electrons. The Hall–Kier alpha value is -1.41. The minimum Gasteiger partial charge on any atom is -0.455 e. The molecule has 2 aromatic carbocycles. The van der Waals surface area contributed by atoms with E-state index in [4.69, 9.17) is 16.0 Å². The average molecular weight is 214 g/mol. The van der Waals surface area contributed by atoms with Gasteiger partial charge in [-0.2, -0.15) is 0 Å². The Kier molecular flexibility index (Phi) is 1.80. The van der Waals surface area contributed by atoms with E-state index in [1.807, 2.05) is 32.1 Å². The molecule has 0 saturated heterocycles.